The van der Waals surface area contributed by atoms with Crippen LogP contribution in [0.1, 0.15) is 17.2 Å². The second kappa shape index (κ2) is 3.55. The Morgan fingerprint density at radius 1 is 1.57 bits per heavy atom. The van der Waals surface area contributed by atoms with Gasteiger partial charge in [0.2, 0.25) is 0 Å². The molecule has 0 fully saturated rings. The number of ether oxygens (including phenoxy) is 1. The lowest BCUT2D eigenvalue weighted by molar-refractivity contribution is 0.181. The van der Waals surface area contributed by atoms with Crippen molar-refractivity contribution in [2.75, 3.05) is 13.2 Å². The Hall–Kier alpha value is -1.13. The summed E-state index contributed by atoms with van der Waals surface area (Å²) < 4.78 is 18.6. The molecule has 0 bridgehead atoms. The van der Waals surface area contributed by atoms with Crippen molar-refractivity contribution in [3.8, 4) is 5.75 Å². The number of rotatable bonds is 2. The highest BCUT2D eigenvalue weighted by atomic mass is 19.1. The first-order valence-electron chi connectivity index (χ1n) is 4.55. The summed E-state index contributed by atoms with van der Waals surface area (Å²) in [5, 5.41) is 9.44. The van der Waals surface area contributed by atoms with Crippen molar-refractivity contribution < 1.29 is 14.2 Å². The smallest absolute Gasteiger partial charge is 0.132 e. The van der Waals surface area contributed by atoms with E-state index in [1.807, 2.05) is 0 Å². The van der Waals surface area contributed by atoms with E-state index in [1.54, 1.807) is 6.07 Å². The standard InChI is InChI=1S/C10H12FNO2/c11-8-4-10-6(1-2-14-10)3-7(8)9(13)5-12/h3-4,9,13H,1-2,5,12H2. The maximum Gasteiger partial charge on any atom is 0.132 e. The van der Waals surface area contributed by atoms with Gasteiger partial charge in [0, 0.05) is 24.6 Å². The van der Waals surface area contributed by atoms with Crippen molar-refractivity contribution >= 4 is 0 Å². The number of fused-ring (bicyclic) bond motifs is 1. The van der Waals surface area contributed by atoms with Gasteiger partial charge in [0.05, 0.1) is 12.7 Å². The van der Waals surface area contributed by atoms with Gasteiger partial charge in [0.1, 0.15) is 11.6 Å². The topological polar surface area (TPSA) is 55.5 Å². The van der Waals surface area contributed by atoms with Crippen LogP contribution in [-0.4, -0.2) is 18.3 Å². The van der Waals surface area contributed by atoms with Crippen LogP contribution in [0.4, 0.5) is 4.39 Å². The predicted molar refractivity (Wildman–Crippen MR) is 49.6 cm³/mol. The van der Waals surface area contributed by atoms with Gasteiger partial charge in [-0.3, -0.25) is 0 Å². The van der Waals surface area contributed by atoms with Gasteiger partial charge in [-0.05, 0) is 11.6 Å². The lowest BCUT2D eigenvalue weighted by Crippen LogP contribution is -2.13. The summed E-state index contributed by atoms with van der Waals surface area (Å²) in [5.74, 6) is 0.124. The average molecular weight is 197 g/mol. The fraction of sp³-hybridized carbons (Fsp3) is 0.400. The van der Waals surface area contributed by atoms with Crippen LogP contribution >= 0.6 is 0 Å². The van der Waals surface area contributed by atoms with E-state index in [4.69, 9.17) is 10.5 Å². The molecular formula is C10H12FNO2. The number of hydrogen-bond acceptors (Lipinski definition) is 3. The molecule has 1 heterocycles. The molecule has 1 atom stereocenters. The molecule has 0 radical (unpaired) electrons. The molecule has 0 amide bonds. The Morgan fingerprint density at radius 3 is 3.07 bits per heavy atom. The molecule has 0 spiro atoms. The third kappa shape index (κ3) is 1.47. The molecule has 0 aromatic heterocycles. The number of nitrogens with two attached hydrogens (primary N) is 1. The van der Waals surface area contributed by atoms with E-state index in [9.17, 15) is 9.50 Å². The number of hydrogen-bond donors (Lipinski definition) is 2. The molecule has 1 aromatic carbocycles. The molecule has 3 nitrogen and oxygen atoms in total. The van der Waals surface area contributed by atoms with Gasteiger partial charge >= 0.3 is 0 Å². The van der Waals surface area contributed by atoms with Crippen molar-refractivity contribution in [3.05, 3.63) is 29.1 Å². The summed E-state index contributed by atoms with van der Waals surface area (Å²) >= 11 is 0. The summed E-state index contributed by atoms with van der Waals surface area (Å²) in [5.41, 5.74) is 6.47. The molecule has 76 valence electrons. The molecule has 1 unspecified atom stereocenters. The van der Waals surface area contributed by atoms with Crippen LogP contribution < -0.4 is 10.5 Å². The van der Waals surface area contributed by atoms with Gasteiger partial charge in [0.25, 0.3) is 0 Å². The van der Waals surface area contributed by atoms with Crippen molar-refractivity contribution in [2.24, 2.45) is 5.73 Å². The number of aliphatic hydroxyl groups is 1. The quantitative estimate of drug-likeness (QED) is 0.735. The van der Waals surface area contributed by atoms with Crippen LogP contribution in [-0.2, 0) is 6.42 Å². The molecule has 1 aliphatic rings. The lowest BCUT2D eigenvalue weighted by Gasteiger charge is -2.10. The Labute approximate surface area is 81.3 Å². The highest BCUT2D eigenvalue weighted by Crippen LogP contribution is 2.30. The van der Waals surface area contributed by atoms with Crippen molar-refractivity contribution in [1.82, 2.24) is 0 Å². The number of aliphatic hydroxyl groups excluding tert-OH is 1. The summed E-state index contributed by atoms with van der Waals surface area (Å²) in [7, 11) is 0. The first-order valence-corrected chi connectivity index (χ1v) is 4.55. The molecule has 3 N–H and O–H groups in total. The molecular weight excluding hydrogens is 185 g/mol. The largest absolute Gasteiger partial charge is 0.493 e. The van der Waals surface area contributed by atoms with Gasteiger partial charge in [0.15, 0.2) is 0 Å². The van der Waals surface area contributed by atoms with Crippen LogP contribution in [0.25, 0.3) is 0 Å². The Bertz CT molecular complexity index is 354. The van der Waals surface area contributed by atoms with Gasteiger partial charge < -0.3 is 15.6 Å². The summed E-state index contributed by atoms with van der Waals surface area (Å²) in [4.78, 5) is 0. The molecule has 14 heavy (non-hydrogen) atoms. The van der Waals surface area contributed by atoms with E-state index in [2.05, 4.69) is 0 Å². The second-order valence-corrected chi connectivity index (χ2v) is 3.33. The molecule has 0 aliphatic carbocycles. The zero-order valence-electron chi connectivity index (χ0n) is 7.66. The van der Waals surface area contributed by atoms with Gasteiger partial charge in [-0.2, -0.15) is 0 Å². The molecule has 1 aliphatic heterocycles. The summed E-state index contributed by atoms with van der Waals surface area (Å²) in [6.45, 7) is 0.605. The van der Waals surface area contributed by atoms with Gasteiger partial charge in [-0.1, -0.05) is 0 Å². The lowest BCUT2D eigenvalue weighted by atomic mass is 10.0. The minimum absolute atomic E-state index is 0.0244. The molecule has 4 heteroatoms. The van der Waals surface area contributed by atoms with E-state index in [-0.39, 0.29) is 12.1 Å². The highest BCUT2D eigenvalue weighted by molar-refractivity contribution is 5.41. The fourth-order valence-electron chi connectivity index (χ4n) is 1.60. The summed E-state index contributed by atoms with van der Waals surface area (Å²) in [6.07, 6.45) is -0.166. The van der Waals surface area contributed by atoms with Crippen LogP contribution in [0.3, 0.4) is 0 Å². The zero-order valence-corrected chi connectivity index (χ0v) is 7.66. The Balaban J connectivity index is 2.42. The highest BCUT2D eigenvalue weighted by Gasteiger charge is 2.19. The van der Waals surface area contributed by atoms with Gasteiger partial charge in [-0.15, -0.1) is 0 Å². The van der Waals surface area contributed by atoms with Gasteiger partial charge in [-0.25, -0.2) is 4.39 Å². The third-order valence-corrected chi connectivity index (χ3v) is 2.39. The normalized spacial score (nSPS) is 16.2. The first kappa shape index (κ1) is 9.43. The van der Waals surface area contributed by atoms with E-state index in [0.29, 0.717) is 12.4 Å². The van der Waals surface area contributed by atoms with Crippen molar-refractivity contribution in [2.45, 2.75) is 12.5 Å². The van der Waals surface area contributed by atoms with Crippen LogP contribution in [0.5, 0.6) is 5.75 Å². The van der Waals surface area contributed by atoms with Crippen LogP contribution in [0.2, 0.25) is 0 Å². The Morgan fingerprint density at radius 2 is 2.36 bits per heavy atom. The minimum atomic E-state index is -0.930. The predicted octanol–water partition coefficient (Wildman–Crippen LogP) is 0.753. The monoisotopic (exact) mass is 197 g/mol. The molecule has 0 saturated carbocycles. The van der Waals surface area contributed by atoms with Crippen molar-refractivity contribution in [1.29, 1.82) is 0 Å². The van der Waals surface area contributed by atoms with Crippen LogP contribution in [0.15, 0.2) is 12.1 Å². The summed E-state index contributed by atoms with van der Waals surface area (Å²) in [6, 6.07) is 2.95. The van der Waals surface area contributed by atoms with Crippen LogP contribution in [0, 0.1) is 5.82 Å². The molecule has 2 rings (SSSR count). The number of benzene rings is 1. The maximum atomic E-state index is 13.4. The Kier molecular flexibility index (Phi) is 2.39. The SMILES string of the molecule is NCC(O)c1cc2c(cc1F)OCC2. The van der Waals surface area contributed by atoms with E-state index >= 15 is 0 Å². The van der Waals surface area contributed by atoms with E-state index < -0.39 is 11.9 Å². The average Bonchev–Trinajstić information content (AvgIpc) is 2.62. The molecule has 0 saturated heterocycles. The van der Waals surface area contributed by atoms with E-state index in [0.717, 1.165) is 12.0 Å². The molecule has 1 aromatic rings. The number of halogens is 1. The zero-order chi connectivity index (χ0) is 10.1. The van der Waals surface area contributed by atoms with Crippen molar-refractivity contribution in [3.63, 3.8) is 0 Å². The minimum Gasteiger partial charge on any atom is -0.493 e. The van der Waals surface area contributed by atoms with E-state index in [1.165, 1.54) is 6.07 Å². The fourth-order valence-corrected chi connectivity index (χ4v) is 1.60. The second-order valence-electron chi connectivity index (χ2n) is 3.33. The first-order chi connectivity index (χ1) is 6.72. The maximum absolute atomic E-state index is 13.4. The third-order valence-electron chi connectivity index (χ3n) is 2.39.